The van der Waals surface area contributed by atoms with Gasteiger partial charge in [0.25, 0.3) is 5.69 Å². The number of nitrogens with zero attached hydrogens (tertiary/aromatic N) is 3. The van der Waals surface area contributed by atoms with Crippen molar-refractivity contribution in [2.75, 3.05) is 11.1 Å². The zero-order valence-corrected chi connectivity index (χ0v) is 16.8. The van der Waals surface area contributed by atoms with Crippen LogP contribution in [-0.4, -0.2) is 26.8 Å². The molecule has 9 heteroatoms. The van der Waals surface area contributed by atoms with E-state index >= 15 is 0 Å². The van der Waals surface area contributed by atoms with Crippen LogP contribution in [0.3, 0.4) is 0 Å². The molecule has 0 atom stereocenters. The van der Waals surface area contributed by atoms with Crippen LogP contribution in [0.25, 0.3) is 22.0 Å². The molecule has 0 saturated carbocycles. The zero-order valence-electron chi connectivity index (χ0n) is 16.0. The Kier molecular flexibility index (Phi) is 5.85. The highest BCUT2D eigenvalue weighted by molar-refractivity contribution is 8.00. The molecule has 0 spiro atoms. The number of para-hydroxylation sites is 2. The number of benzene rings is 3. The van der Waals surface area contributed by atoms with Gasteiger partial charge in [-0.05, 0) is 30.3 Å². The molecule has 0 fully saturated rings. The van der Waals surface area contributed by atoms with Gasteiger partial charge in [-0.1, -0.05) is 48.2 Å². The average molecular weight is 434 g/mol. The molecule has 0 aliphatic heterocycles. The number of carbonyl (C=O) groups is 1. The molecule has 0 bridgehead atoms. The van der Waals surface area contributed by atoms with E-state index < -0.39 is 10.8 Å². The van der Waals surface area contributed by atoms with Crippen LogP contribution in [0.4, 0.5) is 15.8 Å². The van der Waals surface area contributed by atoms with Crippen molar-refractivity contribution in [3.63, 3.8) is 0 Å². The monoisotopic (exact) mass is 434 g/mol. The van der Waals surface area contributed by atoms with Crippen LogP contribution in [-0.2, 0) is 4.79 Å². The van der Waals surface area contributed by atoms with Gasteiger partial charge in [-0.3, -0.25) is 14.9 Å². The molecule has 4 aromatic rings. The van der Waals surface area contributed by atoms with E-state index in [-0.39, 0.29) is 22.9 Å². The van der Waals surface area contributed by atoms with E-state index in [0.717, 1.165) is 16.3 Å². The minimum atomic E-state index is -0.546. The smallest absolute Gasteiger partial charge is 0.292 e. The molecule has 7 nitrogen and oxygen atoms in total. The van der Waals surface area contributed by atoms with Gasteiger partial charge in [-0.15, -0.1) is 10.2 Å². The summed E-state index contributed by atoms with van der Waals surface area (Å²) >= 11 is 1.18. The van der Waals surface area contributed by atoms with E-state index in [9.17, 15) is 19.3 Å². The number of thioether (sulfide) groups is 1. The Morgan fingerprint density at radius 3 is 2.39 bits per heavy atom. The maximum atomic E-state index is 13.3. The number of fused-ring (bicyclic) bond motifs is 1. The van der Waals surface area contributed by atoms with Gasteiger partial charge in [-0.2, -0.15) is 0 Å². The third-order valence-electron chi connectivity index (χ3n) is 4.49. The molecule has 1 heterocycles. The van der Waals surface area contributed by atoms with Gasteiger partial charge in [0.05, 0.1) is 10.7 Å². The quantitative estimate of drug-likeness (QED) is 0.258. The molecule has 31 heavy (non-hydrogen) atoms. The number of halogens is 1. The molecule has 1 aromatic heterocycles. The summed E-state index contributed by atoms with van der Waals surface area (Å²) < 4.78 is 13.3. The first-order valence-corrected chi connectivity index (χ1v) is 10.2. The third-order valence-corrected chi connectivity index (χ3v) is 5.47. The largest absolute Gasteiger partial charge is 0.320 e. The predicted molar refractivity (Wildman–Crippen MR) is 117 cm³/mol. The lowest BCUT2D eigenvalue weighted by molar-refractivity contribution is -0.383. The van der Waals surface area contributed by atoms with Gasteiger partial charge in [0.2, 0.25) is 5.91 Å². The molecule has 0 radical (unpaired) electrons. The number of amides is 1. The van der Waals surface area contributed by atoms with Crippen LogP contribution in [0.2, 0.25) is 0 Å². The highest BCUT2D eigenvalue weighted by atomic mass is 32.2. The summed E-state index contributed by atoms with van der Waals surface area (Å²) in [7, 11) is 0. The highest BCUT2D eigenvalue weighted by Crippen LogP contribution is 2.32. The molecule has 4 rings (SSSR count). The summed E-state index contributed by atoms with van der Waals surface area (Å²) in [6, 6.07) is 19.4. The Bertz CT molecular complexity index is 1280. The topological polar surface area (TPSA) is 98.0 Å². The number of nitro groups is 1. The van der Waals surface area contributed by atoms with Gasteiger partial charge < -0.3 is 5.32 Å². The fourth-order valence-electron chi connectivity index (χ4n) is 3.07. The van der Waals surface area contributed by atoms with E-state index in [0.29, 0.717) is 10.7 Å². The Balaban J connectivity index is 1.56. The maximum Gasteiger partial charge on any atom is 0.292 e. The molecular weight excluding hydrogens is 419 g/mol. The van der Waals surface area contributed by atoms with E-state index in [1.54, 1.807) is 18.2 Å². The van der Waals surface area contributed by atoms with Crippen LogP contribution < -0.4 is 5.32 Å². The molecule has 154 valence electrons. The molecule has 0 aliphatic carbocycles. The van der Waals surface area contributed by atoms with Crippen molar-refractivity contribution in [3.8, 4) is 11.3 Å². The number of hydrogen-bond acceptors (Lipinski definition) is 6. The lowest BCUT2D eigenvalue weighted by Gasteiger charge is -2.09. The van der Waals surface area contributed by atoms with E-state index in [2.05, 4.69) is 15.5 Å². The first-order chi connectivity index (χ1) is 15.0. The number of hydrogen-bond donors (Lipinski definition) is 1. The minimum Gasteiger partial charge on any atom is -0.320 e. The van der Waals surface area contributed by atoms with Crippen molar-refractivity contribution in [3.05, 3.63) is 88.7 Å². The van der Waals surface area contributed by atoms with Crippen LogP contribution >= 0.6 is 11.8 Å². The second kappa shape index (κ2) is 8.88. The number of aromatic nitrogens is 2. The predicted octanol–water partition coefficient (Wildman–Crippen LogP) is 5.07. The van der Waals surface area contributed by atoms with Crippen LogP contribution in [0.5, 0.6) is 0 Å². The highest BCUT2D eigenvalue weighted by Gasteiger charge is 2.16. The zero-order chi connectivity index (χ0) is 21.8. The first-order valence-electron chi connectivity index (χ1n) is 9.20. The van der Waals surface area contributed by atoms with Crippen LogP contribution in [0.1, 0.15) is 0 Å². The summed E-state index contributed by atoms with van der Waals surface area (Å²) in [5.41, 5.74) is 1.32. The molecule has 0 aliphatic rings. The van der Waals surface area contributed by atoms with E-state index in [1.807, 2.05) is 24.3 Å². The summed E-state index contributed by atoms with van der Waals surface area (Å²) in [5, 5.41) is 24.4. The summed E-state index contributed by atoms with van der Waals surface area (Å²) in [5.74, 6) is -0.730. The molecule has 0 saturated heterocycles. The lowest BCUT2D eigenvalue weighted by atomic mass is 10.1. The lowest BCUT2D eigenvalue weighted by Crippen LogP contribution is -2.15. The second-order valence-corrected chi connectivity index (χ2v) is 7.48. The van der Waals surface area contributed by atoms with E-state index in [4.69, 9.17) is 0 Å². The standard InChI is InChI=1S/C22H15FN4O3S/c23-15-11-9-14(10-12-15)21-16-5-1-2-6-17(16)22(26-25-21)31-13-20(28)24-18-7-3-4-8-19(18)27(29)30/h1-12H,13H2,(H,24,28). The van der Waals surface area contributed by atoms with Crippen LogP contribution in [0.15, 0.2) is 77.8 Å². The number of rotatable bonds is 6. The number of nitro benzene ring substituents is 1. The normalized spacial score (nSPS) is 10.7. The Morgan fingerprint density at radius 1 is 0.968 bits per heavy atom. The summed E-state index contributed by atoms with van der Waals surface area (Å²) in [4.78, 5) is 22.9. The van der Waals surface area contributed by atoms with Crippen LogP contribution in [0, 0.1) is 15.9 Å². The Hall–Kier alpha value is -3.85. The van der Waals surface area contributed by atoms with E-state index in [1.165, 1.54) is 42.1 Å². The van der Waals surface area contributed by atoms with Crippen molar-refractivity contribution in [2.24, 2.45) is 0 Å². The molecule has 3 aromatic carbocycles. The second-order valence-electron chi connectivity index (χ2n) is 6.52. The molecule has 1 N–H and O–H groups in total. The first kappa shape index (κ1) is 20.4. The van der Waals surface area contributed by atoms with Gasteiger partial charge in [-0.25, -0.2) is 4.39 Å². The van der Waals surface area contributed by atoms with Crippen molar-refractivity contribution < 1.29 is 14.1 Å². The number of carbonyl (C=O) groups excluding carboxylic acids is 1. The molecular formula is C22H15FN4O3S. The fourth-order valence-corrected chi connectivity index (χ4v) is 3.84. The minimum absolute atomic E-state index is 0.000613. The summed E-state index contributed by atoms with van der Waals surface area (Å²) in [6.07, 6.45) is 0. The number of nitrogens with one attached hydrogen (secondary N) is 1. The maximum absolute atomic E-state index is 13.3. The Morgan fingerprint density at radius 2 is 1.65 bits per heavy atom. The van der Waals surface area contributed by atoms with Crippen molar-refractivity contribution in [1.29, 1.82) is 0 Å². The average Bonchev–Trinajstić information content (AvgIpc) is 2.78. The van der Waals surface area contributed by atoms with Gasteiger partial charge in [0.15, 0.2) is 0 Å². The Labute approximate surface area is 180 Å². The third kappa shape index (κ3) is 4.51. The molecule has 1 amide bonds. The van der Waals surface area contributed by atoms with Crippen molar-refractivity contribution in [2.45, 2.75) is 5.03 Å². The molecule has 0 unspecified atom stereocenters. The SMILES string of the molecule is O=C(CSc1nnc(-c2ccc(F)cc2)c2ccccc12)Nc1ccccc1[N+](=O)[O-]. The van der Waals surface area contributed by atoms with Crippen molar-refractivity contribution in [1.82, 2.24) is 10.2 Å². The fraction of sp³-hybridized carbons (Fsp3) is 0.0455. The summed E-state index contributed by atoms with van der Waals surface area (Å²) in [6.45, 7) is 0. The van der Waals surface area contributed by atoms with Gasteiger partial charge in [0.1, 0.15) is 22.2 Å². The van der Waals surface area contributed by atoms with Gasteiger partial charge >= 0.3 is 0 Å². The van der Waals surface area contributed by atoms with Gasteiger partial charge in [0, 0.05) is 22.4 Å². The van der Waals surface area contributed by atoms with Crippen molar-refractivity contribution >= 4 is 39.8 Å². The number of anilines is 1.